The molecule has 0 spiro atoms. The third-order valence-corrected chi connectivity index (χ3v) is 6.69. The number of hydrogen-bond acceptors (Lipinski definition) is 6. The highest BCUT2D eigenvalue weighted by Gasteiger charge is 2.31. The van der Waals surface area contributed by atoms with Gasteiger partial charge in [-0.2, -0.15) is 0 Å². The predicted molar refractivity (Wildman–Crippen MR) is 150 cm³/mol. The van der Waals surface area contributed by atoms with Crippen LogP contribution in [0.5, 0.6) is 0 Å². The molecule has 0 fully saturated rings. The van der Waals surface area contributed by atoms with Crippen LogP contribution < -0.4 is 27.4 Å². The zero-order valence-corrected chi connectivity index (χ0v) is 22.0. The van der Waals surface area contributed by atoms with Gasteiger partial charge in [0, 0.05) is 47.0 Å². The van der Waals surface area contributed by atoms with Crippen molar-refractivity contribution in [2.24, 2.45) is 11.5 Å². The first-order valence-electron chi connectivity index (χ1n) is 12.9. The number of para-hydroxylation sites is 2. The number of carbonyl (C=O) groups is 5. The van der Waals surface area contributed by atoms with Crippen molar-refractivity contribution in [3.63, 3.8) is 0 Å². The monoisotopic (exact) mass is 561 g/mol. The molecule has 4 aromatic rings. The lowest BCUT2D eigenvalue weighted by Gasteiger charge is -2.24. The Balaban J connectivity index is 1.59. The minimum atomic E-state index is -1.39. The van der Waals surface area contributed by atoms with Crippen LogP contribution in [0, 0.1) is 0 Å². The maximum Gasteiger partial charge on any atom is 0.326 e. The third-order valence-electron chi connectivity index (χ3n) is 6.69. The van der Waals surface area contributed by atoms with Crippen molar-refractivity contribution in [3.8, 4) is 0 Å². The molecular weight excluding hydrogens is 530 g/mol. The molecule has 13 nitrogen and oxygen atoms in total. The summed E-state index contributed by atoms with van der Waals surface area (Å²) in [5.74, 6) is -4.44. The van der Waals surface area contributed by atoms with Crippen molar-refractivity contribution in [3.05, 3.63) is 72.1 Å². The predicted octanol–water partition coefficient (Wildman–Crippen LogP) is -0.192. The van der Waals surface area contributed by atoms with Crippen LogP contribution in [0.1, 0.15) is 17.5 Å². The molecule has 0 saturated carbocycles. The smallest absolute Gasteiger partial charge is 0.326 e. The SMILES string of the molecule is NCC(=O)NC(CC(N)=O)C(=O)NC(Cc1c[nH]c2ccccc12)C(=O)NC(Cc1c[nH]c2ccccc12)C(=O)O. The number of primary amides is 1. The van der Waals surface area contributed by atoms with E-state index in [9.17, 15) is 29.1 Å². The van der Waals surface area contributed by atoms with E-state index in [-0.39, 0.29) is 12.8 Å². The number of nitrogens with one attached hydrogen (secondary N) is 5. The summed E-state index contributed by atoms with van der Waals surface area (Å²) >= 11 is 0. The molecule has 0 saturated heterocycles. The Morgan fingerprint density at radius 2 is 1.22 bits per heavy atom. The number of hydrogen-bond donors (Lipinski definition) is 8. The van der Waals surface area contributed by atoms with Crippen LogP contribution in [0.15, 0.2) is 60.9 Å². The Morgan fingerprint density at radius 1 is 0.732 bits per heavy atom. The second-order valence-corrected chi connectivity index (χ2v) is 9.58. The topological polar surface area (TPSA) is 225 Å². The van der Waals surface area contributed by atoms with E-state index in [1.54, 1.807) is 12.4 Å². The van der Waals surface area contributed by atoms with Crippen molar-refractivity contribution in [1.29, 1.82) is 0 Å². The first-order valence-corrected chi connectivity index (χ1v) is 12.9. The number of benzene rings is 2. The molecule has 0 aliphatic heterocycles. The van der Waals surface area contributed by atoms with Gasteiger partial charge in [-0.25, -0.2) is 4.79 Å². The molecule has 0 aliphatic carbocycles. The Kier molecular flexibility index (Phi) is 8.99. The molecule has 3 unspecified atom stereocenters. The number of carboxylic acid groups (broad SMARTS) is 1. The highest BCUT2D eigenvalue weighted by atomic mass is 16.4. The molecule has 4 rings (SSSR count). The van der Waals surface area contributed by atoms with Crippen molar-refractivity contribution in [2.75, 3.05) is 6.54 Å². The van der Waals surface area contributed by atoms with Gasteiger partial charge < -0.3 is 42.5 Å². The number of rotatable bonds is 13. The lowest BCUT2D eigenvalue weighted by molar-refractivity contribution is -0.142. The van der Waals surface area contributed by atoms with Crippen LogP contribution >= 0.6 is 0 Å². The van der Waals surface area contributed by atoms with E-state index in [2.05, 4.69) is 25.9 Å². The molecule has 3 atom stereocenters. The number of H-pyrrole nitrogens is 2. The van der Waals surface area contributed by atoms with Crippen LogP contribution in [0.3, 0.4) is 0 Å². The van der Waals surface area contributed by atoms with Gasteiger partial charge in [-0.3, -0.25) is 19.2 Å². The Hall–Kier alpha value is -5.17. The molecule has 13 heteroatoms. The molecule has 4 amide bonds. The summed E-state index contributed by atoms with van der Waals surface area (Å²) in [5, 5.41) is 19.0. The number of carbonyl (C=O) groups excluding carboxylic acids is 4. The number of carboxylic acids is 1. The first-order chi connectivity index (χ1) is 19.7. The molecular formula is C28H31N7O6. The van der Waals surface area contributed by atoms with Gasteiger partial charge in [0.2, 0.25) is 23.6 Å². The van der Waals surface area contributed by atoms with Gasteiger partial charge in [-0.05, 0) is 23.3 Å². The fourth-order valence-electron chi connectivity index (χ4n) is 4.66. The lowest BCUT2D eigenvalue weighted by atomic mass is 10.0. The Bertz CT molecular complexity index is 1590. The molecule has 2 aromatic carbocycles. The molecule has 0 aliphatic rings. The maximum absolute atomic E-state index is 13.6. The quantitative estimate of drug-likeness (QED) is 0.110. The second-order valence-electron chi connectivity index (χ2n) is 9.58. The molecule has 2 heterocycles. The van der Waals surface area contributed by atoms with E-state index in [0.29, 0.717) is 11.1 Å². The van der Waals surface area contributed by atoms with Crippen molar-refractivity contribution in [1.82, 2.24) is 25.9 Å². The Morgan fingerprint density at radius 3 is 1.73 bits per heavy atom. The van der Waals surface area contributed by atoms with E-state index >= 15 is 0 Å². The fraction of sp³-hybridized carbons (Fsp3) is 0.250. The molecule has 0 bridgehead atoms. The average molecular weight is 562 g/mol. The standard InChI is InChI=1S/C28H31N7O6/c29-12-25(37)33-22(11-24(30)36)27(39)34-21(9-15-13-31-19-7-3-1-5-17(15)19)26(38)35-23(28(40)41)10-16-14-32-20-8-4-2-6-18(16)20/h1-8,13-14,21-23,31-32H,9-12,29H2,(H2,30,36)(H,33,37)(H,34,39)(H,35,38)(H,40,41). The van der Waals surface area contributed by atoms with E-state index in [1.165, 1.54) is 0 Å². The van der Waals surface area contributed by atoms with E-state index in [1.807, 2.05) is 48.5 Å². The van der Waals surface area contributed by atoms with Gasteiger partial charge in [-0.15, -0.1) is 0 Å². The number of amides is 4. The van der Waals surface area contributed by atoms with E-state index < -0.39 is 60.7 Å². The van der Waals surface area contributed by atoms with Gasteiger partial charge in [0.1, 0.15) is 18.1 Å². The highest BCUT2D eigenvalue weighted by molar-refractivity contribution is 5.96. The average Bonchev–Trinajstić information content (AvgIpc) is 3.55. The molecule has 2 aromatic heterocycles. The first kappa shape index (κ1) is 28.8. The molecule has 214 valence electrons. The van der Waals surface area contributed by atoms with E-state index in [0.717, 1.165) is 21.8 Å². The summed E-state index contributed by atoms with van der Waals surface area (Å²) in [6, 6.07) is 10.7. The van der Waals surface area contributed by atoms with Crippen molar-refractivity contribution >= 4 is 51.4 Å². The van der Waals surface area contributed by atoms with E-state index in [4.69, 9.17) is 11.5 Å². The minimum absolute atomic E-state index is 0.0182. The summed E-state index contributed by atoms with van der Waals surface area (Å²) in [4.78, 5) is 68.6. The summed E-state index contributed by atoms with van der Waals surface area (Å²) in [6.45, 7) is -0.435. The van der Waals surface area contributed by atoms with Crippen LogP contribution in [-0.2, 0) is 36.8 Å². The highest BCUT2D eigenvalue weighted by Crippen LogP contribution is 2.21. The van der Waals surface area contributed by atoms with Gasteiger partial charge in [0.15, 0.2) is 0 Å². The Labute approximate surface area is 234 Å². The van der Waals surface area contributed by atoms with Gasteiger partial charge >= 0.3 is 5.97 Å². The van der Waals surface area contributed by atoms with Gasteiger partial charge in [0.25, 0.3) is 0 Å². The maximum atomic E-state index is 13.6. The number of nitrogens with two attached hydrogens (primary N) is 2. The number of aromatic amines is 2. The normalized spacial score (nSPS) is 13.3. The van der Waals surface area contributed by atoms with Crippen molar-refractivity contribution in [2.45, 2.75) is 37.4 Å². The van der Waals surface area contributed by atoms with Crippen LogP contribution in [-0.4, -0.2) is 69.3 Å². The third kappa shape index (κ3) is 7.08. The lowest BCUT2D eigenvalue weighted by Crippen LogP contribution is -2.57. The van der Waals surface area contributed by atoms with Crippen molar-refractivity contribution < 1.29 is 29.1 Å². The summed E-state index contributed by atoms with van der Waals surface area (Å²) in [6.07, 6.45) is 2.81. The summed E-state index contributed by atoms with van der Waals surface area (Å²) in [5.41, 5.74) is 13.6. The van der Waals surface area contributed by atoms with Crippen LogP contribution in [0.25, 0.3) is 21.8 Å². The summed E-state index contributed by atoms with van der Waals surface area (Å²) < 4.78 is 0. The second kappa shape index (κ2) is 12.8. The zero-order chi connectivity index (χ0) is 29.5. The minimum Gasteiger partial charge on any atom is -0.480 e. The van der Waals surface area contributed by atoms with Crippen LogP contribution in [0.2, 0.25) is 0 Å². The number of fused-ring (bicyclic) bond motifs is 2. The number of aromatic nitrogens is 2. The molecule has 41 heavy (non-hydrogen) atoms. The largest absolute Gasteiger partial charge is 0.480 e. The zero-order valence-electron chi connectivity index (χ0n) is 22.0. The summed E-state index contributed by atoms with van der Waals surface area (Å²) in [7, 11) is 0. The van der Waals surface area contributed by atoms with Gasteiger partial charge in [0.05, 0.1) is 13.0 Å². The molecule has 0 radical (unpaired) electrons. The van der Waals surface area contributed by atoms with Gasteiger partial charge in [-0.1, -0.05) is 36.4 Å². The van der Waals surface area contributed by atoms with Crippen LogP contribution in [0.4, 0.5) is 0 Å². The fourth-order valence-corrected chi connectivity index (χ4v) is 4.66. The molecule has 10 N–H and O–H groups in total. The number of aliphatic carboxylic acids is 1.